The summed E-state index contributed by atoms with van der Waals surface area (Å²) in [5.74, 6) is 0. The summed E-state index contributed by atoms with van der Waals surface area (Å²) < 4.78 is 0. The zero-order valence-corrected chi connectivity index (χ0v) is 5.60. The van der Waals surface area contributed by atoms with Crippen LogP contribution in [0.5, 0.6) is 0 Å². The summed E-state index contributed by atoms with van der Waals surface area (Å²) in [7, 11) is 0. The van der Waals surface area contributed by atoms with Gasteiger partial charge >= 0.3 is 0 Å². The van der Waals surface area contributed by atoms with Gasteiger partial charge in [0.25, 0.3) is 0 Å². The van der Waals surface area contributed by atoms with E-state index in [4.69, 9.17) is 0 Å². The largest absolute Gasteiger partial charge is 0.0533 e. The fourth-order valence-electron chi connectivity index (χ4n) is 0.884. The van der Waals surface area contributed by atoms with Crippen molar-refractivity contribution >= 4 is 0 Å². The van der Waals surface area contributed by atoms with Crippen molar-refractivity contribution in [2.75, 3.05) is 0 Å². The fourth-order valence-corrected chi connectivity index (χ4v) is 0.884. The summed E-state index contributed by atoms with van der Waals surface area (Å²) in [5.41, 5.74) is 0. The molecular formula is C5H10Ti. The fraction of sp³-hybridized carbons (Fsp3) is 1.00. The Kier molecular flexibility index (Phi) is 4.35. The van der Waals surface area contributed by atoms with Crippen molar-refractivity contribution in [2.24, 2.45) is 0 Å². The van der Waals surface area contributed by atoms with Crippen LogP contribution in [0, 0.1) is 0 Å². The van der Waals surface area contributed by atoms with Crippen molar-refractivity contribution in [1.82, 2.24) is 0 Å². The molecule has 0 nitrogen and oxygen atoms in total. The van der Waals surface area contributed by atoms with Gasteiger partial charge in [0, 0.05) is 21.7 Å². The Morgan fingerprint density at radius 3 is 0.833 bits per heavy atom. The maximum absolute atomic E-state index is 1.50. The average Bonchev–Trinajstić information content (AvgIpc) is 1.76. The molecule has 0 aromatic carbocycles. The zero-order valence-electron chi connectivity index (χ0n) is 4.04. The summed E-state index contributed by atoms with van der Waals surface area (Å²) in [5, 5.41) is 0. The van der Waals surface area contributed by atoms with Gasteiger partial charge in [-0.1, -0.05) is 32.1 Å². The van der Waals surface area contributed by atoms with Gasteiger partial charge in [0.05, 0.1) is 0 Å². The van der Waals surface area contributed by atoms with E-state index < -0.39 is 0 Å². The average molecular weight is 118 g/mol. The summed E-state index contributed by atoms with van der Waals surface area (Å²) in [4.78, 5) is 0. The minimum atomic E-state index is 0. The molecule has 0 radical (unpaired) electrons. The molecule has 1 aliphatic carbocycles. The molecule has 6 heavy (non-hydrogen) atoms. The van der Waals surface area contributed by atoms with Gasteiger partial charge in [-0.05, 0) is 0 Å². The SMILES string of the molecule is C1CCCC1.[Ti]. The normalized spacial score (nSPS) is 20.0. The van der Waals surface area contributed by atoms with Crippen LogP contribution in [0.3, 0.4) is 0 Å². The molecule has 0 amide bonds. The van der Waals surface area contributed by atoms with E-state index in [-0.39, 0.29) is 21.7 Å². The third kappa shape index (κ3) is 1.99. The van der Waals surface area contributed by atoms with Gasteiger partial charge < -0.3 is 0 Å². The van der Waals surface area contributed by atoms with E-state index in [1.54, 1.807) is 0 Å². The molecule has 1 saturated carbocycles. The Hall–Kier alpha value is 0.714. The molecule has 0 aliphatic heterocycles. The van der Waals surface area contributed by atoms with Crippen molar-refractivity contribution in [1.29, 1.82) is 0 Å². The van der Waals surface area contributed by atoms with Gasteiger partial charge in [0.2, 0.25) is 0 Å². The van der Waals surface area contributed by atoms with E-state index >= 15 is 0 Å². The molecule has 0 atom stereocenters. The van der Waals surface area contributed by atoms with Crippen LogP contribution in [0.15, 0.2) is 0 Å². The third-order valence-corrected chi connectivity index (χ3v) is 1.25. The first kappa shape index (κ1) is 6.71. The molecular weight excluding hydrogens is 108 g/mol. The second-order valence-corrected chi connectivity index (χ2v) is 1.77. The Morgan fingerprint density at radius 1 is 0.500 bits per heavy atom. The Balaban J connectivity index is 0.000000250. The van der Waals surface area contributed by atoms with Crippen LogP contribution < -0.4 is 0 Å². The van der Waals surface area contributed by atoms with Crippen molar-refractivity contribution < 1.29 is 21.7 Å². The van der Waals surface area contributed by atoms with E-state index in [0.29, 0.717) is 0 Å². The van der Waals surface area contributed by atoms with E-state index in [1.165, 1.54) is 32.1 Å². The molecule has 0 saturated heterocycles. The molecule has 0 spiro atoms. The Morgan fingerprint density at radius 2 is 0.667 bits per heavy atom. The summed E-state index contributed by atoms with van der Waals surface area (Å²) in [6.07, 6.45) is 7.50. The zero-order chi connectivity index (χ0) is 3.54. The standard InChI is InChI=1S/C5H10.Ti/c1-2-4-5-3-1;/h1-5H2;. The molecule has 1 heteroatoms. The monoisotopic (exact) mass is 118 g/mol. The Bertz CT molecular complexity index is 15.5. The van der Waals surface area contributed by atoms with Crippen LogP contribution in [-0.2, 0) is 21.7 Å². The van der Waals surface area contributed by atoms with Crippen LogP contribution >= 0.6 is 0 Å². The van der Waals surface area contributed by atoms with E-state index in [0.717, 1.165) is 0 Å². The van der Waals surface area contributed by atoms with Gasteiger partial charge in [-0.3, -0.25) is 0 Å². The van der Waals surface area contributed by atoms with Crippen molar-refractivity contribution in [2.45, 2.75) is 32.1 Å². The molecule has 1 rings (SSSR count). The van der Waals surface area contributed by atoms with Crippen LogP contribution in [0.25, 0.3) is 0 Å². The van der Waals surface area contributed by atoms with Crippen LogP contribution in [0.2, 0.25) is 0 Å². The number of hydrogen-bond acceptors (Lipinski definition) is 0. The quantitative estimate of drug-likeness (QED) is 0.426. The second kappa shape index (κ2) is 3.89. The van der Waals surface area contributed by atoms with Gasteiger partial charge in [0.1, 0.15) is 0 Å². The maximum atomic E-state index is 1.50. The first-order valence-electron chi connectivity index (χ1n) is 2.50. The molecule has 0 heterocycles. The van der Waals surface area contributed by atoms with Gasteiger partial charge in [-0.25, -0.2) is 0 Å². The Labute approximate surface area is 54.2 Å². The van der Waals surface area contributed by atoms with Gasteiger partial charge in [0.15, 0.2) is 0 Å². The van der Waals surface area contributed by atoms with E-state index in [1.807, 2.05) is 0 Å². The smallest absolute Gasteiger partial charge is 0 e. The van der Waals surface area contributed by atoms with Crippen LogP contribution in [0.4, 0.5) is 0 Å². The molecule has 0 unspecified atom stereocenters. The number of rotatable bonds is 0. The summed E-state index contributed by atoms with van der Waals surface area (Å²) in [6, 6.07) is 0. The van der Waals surface area contributed by atoms with Crippen LogP contribution in [0.1, 0.15) is 32.1 Å². The predicted octanol–water partition coefficient (Wildman–Crippen LogP) is 1.95. The van der Waals surface area contributed by atoms with E-state index in [2.05, 4.69) is 0 Å². The summed E-state index contributed by atoms with van der Waals surface area (Å²) >= 11 is 0. The maximum Gasteiger partial charge on any atom is 0 e. The second-order valence-electron chi connectivity index (χ2n) is 1.77. The first-order chi connectivity index (χ1) is 2.50. The third-order valence-electron chi connectivity index (χ3n) is 1.25. The summed E-state index contributed by atoms with van der Waals surface area (Å²) in [6.45, 7) is 0. The minimum Gasteiger partial charge on any atom is -0.0533 e. The molecule has 0 aromatic rings. The molecule has 0 bridgehead atoms. The minimum absolute atomic E-state index is 0. The van der Waals surface area contributed by atoms with Gasteiger partial charge in [-0.2, -0.15) is 0 Å². The molecule has 0 aromatic heterocycles. The topological polar surface area (TPSA) is 0 Å². The molecule has 1 aliphatic rings. The molecule has 0 N–H and O–H groups in total. The van der Waals surface area contributed by atoms with Crippen molar-refractivity contribution in [3.05, 3.63) is 0 Å². The van der Waals surface area contributed by atoms with Crippen molar-refractivity contribution in [3.8, 4) is 0 Å². The van der Waals surface area contributed by atoms with Crippen LogP contribution in [-0.4, -0.2) is 0 Å². The molecule has 34 valence electrons. The number of hydrogen-bond donors (Lipinski definition) is 0. The predicted molar refractivity (Wildman–Crippen MR) is 23.1 cm³/mol. The first-order valence-corrected chi connectivity index (χ1v) is 2.50. The van der Waals surface area contributed by atoms with Crippen molar-refractivity contribution in [3.63, 3.8) is 0 Å². The van der Waals surface area contributed by atoms with E-state index in [9.17, 15) is 0 Å². The molecule has 1 fully saturated rings. The van der Waals surface area contributed by atoms with Gasteiger partial charge in [-0.15, -0.1) is 0 Å².